The minimum Gasteiger partial charge on any atom is -0.325 e. The van der Waals surface area contributed by atoms with Crippen LogP contribution in [0.5, 0.6) is 0 Å². The van der Waals surface area contributed by atoms with Crippen LogP contribution < -0.4 is 5.32 Å². The smallest absolute Gasteiger partial charge is 0.235 e. The average Bonchev–Trinajstić information content (AvgIpc) is 3.24. The van der Waals surface area contributed by atoms with Gasteiger partial charge in [-0.15, -0.1) is 0 Å². The molecule has 21 heavy (non-hydrogen) atoms. The molecular formula is C18H18ClNO. The lowest BCUT2D eigenvalue weighted by Crippen LogP contribution is -2.28. The Morgan fingerprint density at radius 3 is 2.57 bits per heavy atom. The van der Waals surface area contributed by atoms with Crippen LogP contribution in [0.25, 0.3) is 0 Å². The molecule has 0 radical (unpaired) electrons. The van der Waals surface area contributed by atoms with Gasteiger partial charge in [0.2, 0.25) is 5.91 Å². The lowest BCUT2D eigenvalue weighted by Gasteiger charge is -2.17. The maximum absolute atomic E-state index is 12.7. The fourth-order valence-electron chi connectivity index (χ4n) is 2.67. The molecule has 1 fully saturated rings. The van der Waals surface area contributed by atoms with E-state index in [1.165, 1.54) is 0 Å². The fraction of sp³-hybridized carbons (Fsp3) is 0.278. The van der Waals surface area contributed by atoms with Gasteiger partial charge in [0.15, 0.2) is 0 Å². The number of hydrogen-bond acceptors (Lipinski definition) is 1. The molecule has 0 bridgehead atoms. The molecule has 1 aliphatic carbocycles. The van der Waals surface area contributed by atoms with Gasteiger partial charge in [-0.3, -0.25) is 4.79 Å². The standard InChI is InChI=1S/C18H18ClNO/c1-12-6-7-13(2)16(10-12)20-17(21)18(8-9-18)14-4-3-5-15(19)11-14/h3-7,10-11H,8-9H2,1-2H3,(H,20,21). The molecule has 0 unspecified atom stereocenters. The second-order valence-electron chi connectivity index (χ2n) is 5.86. The molecule has 1 saturated carbocycles. The zero-order chi connectivity index (χ0) is 15.0. The van der Waals surface area contributed by atoms with Crippen LogP contribution in [0.1, 0.15) is 29.5 Å². The van der Waals surface area contributed by atoms with Crippen LogP contribution in [-0.2, 0) is 10.2 Å². The summed E-state index contributed by atoms with van der Waals surface area (Å²) in [5.74, 6) is 0.0680. The van der Waals surface area contributed by atoms with E-state index >= 15 is 0 Å². The second-order valence-corrected chi connectivity index (χ2v) is 6.30. The summed E-state index contributed by atoms with van der Waals surface area (Å²) >= 11 is 6.06. The monoisotopic (exact) mass is 299 g/mol. The molecule has 0 saturated heterocycles. The second kappa shape index (κ2) is 5.19. The predicted molar refractivity (Wildman–Crippen MR) is 86.9 cm³/mol. The molecule has 2 aromatic carbocycles. The quantitative estimate of drug-likeness (QED) is 0.880. The molecule has 0 atom stereocenters. The van der Waals surface area contributed by atoms with Crippen LogP contribution in [0, 0.1) is 13.8 Å². The summed E-state index contributed by atoms with van der Waals surface area (Å²) in [4.78, 5) is 12.7. The van der Waals surface area contributed by atoms with Gasteiger partial charge in [0.05, 0.1) is 5.41 Å². The first-order valence-corrected chi connectivity index (χ1v) is 7.54. The van der Waals surface area contributed by atoms with Crippen molar-refractivity contribution in [2.75, 3.05) is 5.32 Å². The van der Waals surface area contributed by atoms with E-state index < -0.39 is 5.41 Å². The predicted octanol–water partition coefficient (Wildman–Crippen LogP) is 4.63. The van der Waals surface area contributed by atoms with Crippen molar-refractivity contribution in [2.45, 2.75) is 32.1 Å². The van der Waals surface area contributed by atoms with Gasteiger partial charge in [-0.2, -0.15) is 0 Å². The Morgan fingerprint density at radius 1 is 1.14 bits per heavy atom. The summed E-state index contributed by atoms with van der Waals surface area (Å²) in [6, 6.07) is 13.7. The Morgan fingerprint density at radius 2 is 1.90 bits per heavy atom. The third-order valence-corrected chi connectivity index (χ3v) is 4.44. The van der Waals surface area contributed by atoms with Gasteiger partial charge in [0.25, 0.3) is 0 Å². The summed E-state index contributed by atoms with van der Waals surface area (Å²) in [5, 5.41) is 3.77. The van der Waals surface area contributed by atoms with E-state index in [9.17, 15) is 4.79 Å². The van der Waals surface area contributed by atoms with E-state index in [0.717, 1.165) is 35.2 Å². The molecule has 3 rings (SSSR count). The summed E-state index contributed by atoms with van der Waals surface area (Å²) in [5.41, 5.74) is 3.73. The Hall–Kier alpha value is -1.80. The highest BCUT2D eigenvalue weighted by Crippen LogP contribution is 2.49. The van der Waals surface area contributed by atoms with Gasteiger partial charge in [0, 0.05) is 10.7 Å². The van der Waals surface area contributed by atoms with Gasteiger partial charge >= 0.3 is 0 Å². The van der Waals surface area contributed by atoms with Crippen molar-refractivity contribution in [1.82, 2.24) is 0 Å². The van der Waals surface area contributed by atoms with E-state index in [0.29, 0.717) is 5.02 Å². The molecule has 0 aromatic heterocycles. The molecular weight excluding hydrogens is 282 g/mol. The highest BCUT2D eigenvalue weighted by atomic mass is 35.5. The third kappa shape index (κ3) is 2.68. The Kier molecular flexibility index (Phi) is 3.50. The highest BCUT2D eigenvalue weighted by molar-refractivity contribution is 6.30. The van der Waals surface area contributed by atoms with Crippen molar-refractivity contribution >= 4 is 23.2 Å². The van der Waals surface area contributed by atoms with Crippen molar-refractivity contribution in [1.29, 1.82) is 0 Å². The molecule has 0 aliphatic heterocycles. The van der Waals surface area contributed by atoms with Gasteiger partial charge in [-0.05, 0) is 61.6 Å². The molecule has 2 aromatic rings. The number of anilines is 1. The first-order chi connectivity index (χ1) is 10.0. The highest BCUT2D eigenvalue weighted by Gasteiger charge is 2.51. The minimum absolute atomic E-state index is 0.0680. The number of benzene rings is 2. The van der Waals surface area contributed by atoms with Crippen LogP contribution >= 0.6 is 11.6 Å². The molecule has 2 nitrogen and oxygen atoms in total. The molecule has 3 heteroatoms. The first-order valence-electron chi connectivity index (χ1n) is 7.16. The summed E-state index contributed by atoms with van der Waals surface area (Å²) in [6.07, 6.45) is 1.76. The van der Waals surface area contributed by atoms with Crippen LogP contribution in [0.4, 0.5) is 5.69 Å². The van der Waals surface area contributed by atoms with E-state index in [4.69, 9.17) is 11.6 Å². The lowest BCUT2D eigenvalue weighted by atomic mass is 9.94. The number of amides is 1. The molecule has 1 aliphatic rings. The van der Waals surface area contributed by atoms with Gasteiger partial charge in [-0.25, -0.2) is 0 Å². The van der Waals surface area contributed by atoms with Crippen LogP contribution in [-0.4, -0.2) is 5.91 Å². The van der Waals surface area contributed by atoms with E-state index in [2.05, 4.69) is 11.4 Å². The number of carbonyl (C=O) groups excluding carboxylic acids is 1. The van der Waals surface area contributed by atoms with E-state index in [1.807, 2.05) is 50.2 Å². The van der Waals surface area contributed by atoms with Crippen molar-refractivity contribution < 1.29 is 4.79 Å². The van der Waals surface area contributed by atoms with Crippen molar-refractivity contribution in [3.8, 4) is 0 Å². The Bertz CT molecular complexity index is 704. The first kappa shape index (κ1) is 14.2. The summed E-state index contributed by atoms with van der Waals surface area (Å²) in [7, 11) is 0. The van der Waals surface area contributed by atoms with Crippen molar-refractivity contribution in [3.05, 3.63) is 64.2 Å². The number of aryl methyl sites for hydroxylation is 2. The zero-order valence-corrected chi connectivity index (χ0v) is 13.0. The van der Waals surface area contributed by atoms with Gasteiger partial charge < -0.3 is 5.32 Å². The fourth-order valence-corrected chi connectivity index (χ4v) is 2.86. The molecule has 0 spiro atoms. The number of halogens is 1. The SMILES string of the molecule is Cc1ccc(C)c(NC(=O)C2(c3cccc(Cl)c3)CC2)c1. The Labute approximate surface area is 130 Å². The molecule has 0 heterocycles. The van der Waals surface area contributed by atoms with Gasteiger partial charge in [0.1, 0.15) is 0 Å². The number of hydrogen-bond donors (Lipinski definition) is 1. The maximum Gasteiger partial charge on any atom is 0.235 e. The zero-order valence-electron chi connectivity index (χ0n) is 12.2. The van der Waals surface area contributed by atoms with Gasteiger partial charge in [-0.1, -0.05) is 35.9 Å². The molecule has 108 valence electrons. The van der Waals surface area contributed by atoms with Crippen LogP contribution in [0.15, 0.2) is 42.5 Å². The molecule has 1 amide bonds. The van der Waals surface area contributed by atoms with Crippen LogP contribution in [0.2, 0.25) is 5.02 Å². The van der Waals surface area contributed by atoms with Crippen molar-refractivity contribution in [2.24, 2.45) is 0 Å². The van der Waals surface area contributed by atoms with Crippen molar-refractivity contribution in [3.63, 3.8) is 0 Å². The summed E-state index contributed by atoms with van der Waals surface area (Å²) < 4.78 is 0. The number of nitrogens with one attached hydrogen (secondary N) is 1. The molecule has 1 N–H and O–H groups in total. The number of rotatable bonds is 3. The summed E-state index contributed by atoms with van der Waals surface area (Å²) in [6.45, 7) is 4.03. The average molecular weight is 300 g/mol. The topological polar surface area (TPSA) is 29.1 Å². The normalized spacial score (nSPS) is 15.6. The third-order valence-electron chi connectivity index (χ3n) is 4.20. The maximum atomic E-state index is 12.7. The lowest BCUT2D eigenvalue weighted by molar-refractivity contribution is -0.118. The van der Waals surface area contributed by atoms with Crippen LogP contribution in [0.3, 0.4) is 0 Å². The number of carbonyl (C=O) groups is 1. The Balaban J connectivity index is 1.87. The van der Waals surface area contributed by atoms with E-state index in [1.54, 1.807) is 0 Å². The van der Waals surface area contributed by atoms with E-state index in [-0.39, 0.29) is 5.91 Å². The minimum atomic E-state index is -0.402. The largest absolute Gasteiger partial charge is 0.325 e.